The molecule has 2 atom stereocenters. The lowest BCUT2D eigenvalue weighted by Gasteiger charge is -2.32. The highest BCUT2D eigenvalue weighted by Gasteiger charge is 2.18. The Labute approximate surface area is 110 Å². The number of rotatable bonds is 7. The van der Waals surface area contributed by atoms with E-state index in [2.05, 4.69) is 24.8 Å². The van der Waals surface area contributed by atoms with Crippen molar-refractivity contribution < 1.29 is 9.84 Å². The van der Waals surface area contributed by atoms with Crippen LogP contribution < -0.4 is 4.90 Å². The minimum Gasteiger partial charge on any atom is -0.388 e. The number of likely N-dealkylation sites (N-methyl/N-ethyl adjacent to an activating group) is 1. The van der Waals surface area contributed by atoms with Gasteiger partial charge in [0, 0.05) is 30.9 Å². The summed E-state index contributed by atoms with van der Waals surface area (Å²) in [7, 11) is 1.72. The highest BCUT2D eigenvalue weighted by atomic mass is 16.5. The largest absolute Gasteiger partial charge is 0.388 e. The van der Waals surface area contributed by atoms with Crippen molar-refractivity contribution in [3.63, 3.8) is 0 Å². The molecule has 0 bridgehead atoms. The molecule has 0 radical (unpaired) electrons. The summed E-state index contributed by atoms with van der Waals surface area (Å²) >= 11 is 0. The van der Waals surface area contributed by atoms with Crippen LogP contribution in [-0.4, -0.2) is 31.4 Å². The molecule has 0 aliphatic carbocycles. The molecule has 3 heteroatoms. The number of nitrogens with zero attached hydrogens (tertiary/aromatic N) is 1. The smallest absolute Gasteiger partial charge is 0.0807 e. The normalized spacial score (nSPS) is 14.3. The Hall–Kier alpha value is -1.06. The van der Waals surface area contributed by atoms with Gasteiger partial charge in [-0.15, -0.1) is 0 Å². The fraction of sp³-hybridized carbons (Fsp3) is 0.600. The second-order valence-electron chi connectivity index (χ2n) is 4.57. The monoisotopic (exact) mass is 251 g/mol. The van der Waals surface area contributed by atoms with Crippen molar-refractivity contribution in [2.24, 2.45) is 0 Å². The first kappa shape index (κ1) is 15.0. The molecule has 0 fully saturated rings. The van der Waals surface area contributed by atoms with Crippen molar-refractivity contribution in [3.05, 3.63) is 29.8 Å². The molecule has 0 aromatic heterocycles. The van der Waals surface area contributed by atoms with Gasteiger partial charge in [-0.3, -0.25) is 0 Å². The Balaban J connectivity index is 3.05. The number of methoxy groups -OCH3 is 1. The second kappa shape index (κ2) is 7.39. The summed E-state index contributed by atoms with van der Waals surface area (Å²) in [5.41, 5.74) is 2.11. The number of ether oxygens (including phenoxy) is 1. The van der Waals surface area contributed by atoms with Crippen LogP contribution in [0, 0.1) is 0 Å². The summed E-state index contributed by atoms with van der Waals surface area (Å²) in [5.74, 6) is 0. The van der Waals surface area contributed by atoms with E-state index in [1.165, 1.54) is 0 Å². The molecular formula is C15H25NO2. The van der Waals surface area contributed by atoms with Crippen LogP contribution in [0.5, 0.6) is 0 Å². The predicted octanol–water partition coefficient (Wildman–Crippen LogP) is 2.99. The molecule has 0 saturated carbocycles. The van der Waals surface area contributed by atoms with Gasteiger partial charge >= 0.3 is 0 Å². The van der Waals surface area contributed by atoms with Gasteiger partial charge in [0.1, 0.15) is 0 Å². The summed E-state index contributed by atoms with van der Waals surface area (Å²) in [6.07, 6.45) is 0.331. The van der Waals surface area contributed by atoms with Crippen LogP contribution in [0.1, 0.15) is 38.9 Å². The van der Waals surface area contributed by atoms with Crippen molar-refractivity contribution in [1.29, 1.82) is 0 Å². The molecule has 1 aromatic rings. The molecular weight excluding hydrogens is 226 g/mol. The summed E-state index contributed by atoms with van der Waals surface area (Å²) < 4.78 is 5.23. The molecule has 0 aliphatic rings. The number of anilines is 1. The number of hydrogen-bond acceptors (Lipinski definition) is 3. The fourth-order valence-electron chi connectivity index (χ4n) is 2.30. The van der Waals surface area contributed by atoms with E-state index in [9.17, 15) is 5.11 Å². The Morgan fingerprint density at radius 1 is 1.28 bits per heavy atom. The van der Waals surface area contributed by atoms with Crippen molar-refractivity contribution in [2.45, 2.75) is 39.3 Å². The van der Waals surface area contributed by atoms with Crippen molar-refractivity contribution >= 4 is 5.69 Å². The first-order chi connectivity index (χ1) is 8.65. The first-order valence-electron chi connectivity index (χ1n) is 6.68. The second-order valence-corrected chi connectivity index (χ2v) is 4.57. The number of para-hydroxylation sites is 1. The Bertz CT molecular complexity index is 354. The van der Waals surface area contributed by atoms with E-state index in [0.29, 0.717) is 12.6 Å². The zero-order valence-corrected chi connectivity index (χ0v) is 11.9. The highest BCUT2D eigenvalue weighted by Crippen LogP contribution is 2.29. The number of hydrogen-bond donors (Lipinski definition) is 1. The molecule has 1 N–H and O–H groups in total. The summed E-state index contributed by atoms with van der Waals surface area (Å²) in [4.78, 5) is 2.28. The summed E-state index contributed by atoms with van der Waals surface area (Å²) in [6.45, 7) is 7.85. The van der Waals surface area contributed by atoms with E-state index in [-0.39, 0.29) is 0 Å². The van der Waals surface area contributed by atoms with E-state index in [1.807, 2.05) is 25.1 Å². The lowest BCUT2D eigenvalue weighted by Crippen LogP contribution is -2.36. The molecule has 0 aliphatic heterocycles. The van der Waals surface area contributed by atoms with Gasteiger partial charge in [-0.2, -0.15) is 0 Å². The minimum atomic E-state index is -0.398. The van der Waals surface area contributed by atoms with Crippen molar-refractivity contribution in [2.75, 3.05) is 25.2 Å². The van der Waals surface area contributed by atoms with Crippen LogP contribution in [0.2, 0.25) is 0 Å². The van der Waals surface area contributed by atoms with E-state index < -0.39 is 6.10 Å². The Morgan fingerprint density at radius 2 is 1.94 bits per heavy atom. The van der Waals surface area contributed by atoms with Crippen LogP contribution in [0.4, 0.5) is 5.69 Å². The van der Waals surface area contributed by atoms with Gasteiger partial charge in [-0.1, -0.05) is 25.1 Å². The topological polar surface area (TPSA) is 32.7 Å². The molecule has 1 rings (SSSR count). The number of aliphatic hydroxyl groups excluding tert-OH is 1. The third-order valence-corrected chi connectivity index (χ3v) is 3.27. The third kappa shape index (κ3) is 3.47. The van der Waals surface area contributed by atoms with Crippen LogP contribution in [0.15, 0.2) is 24.3 Å². The van der Waals surface area contributed by atoms with Gasteiger partial charge in [0.15, 0.2) is 0 Å². The van der Waals surface area contributed by atoms with Crippen molar-refractivity contribution in [3.8, 4) is 0 Å². The van der Waals surface area contributed by atoms with E-state index in [4.69, 9.17) is 4.74 Å². The van der Waals surface area contributed by atoms with Gasteiger partial charge in [-0.25, -0.2) is 0 Å². The Kier molecular flexibility index (Phi) is 6.16. The maximum absolute atomic E-state index is 10.1. The van der Waals surface area contributed by atoms with Crippen LogP contribution >= 0.6 is 0 Å². The van der Waals surface area contributed by atoms with Gasteiger partial charge in [0.2, 0.25) is 0 Å². The number of aliphatic hydroxyl groups is 1. The molecule has 102 valence electrons. The fourth-order valence-corrected chi connectivity index (χ4v) is 2.30. The SMILES string of the molecule is CC[C@@H](O)c1ccccc1N(CC)C(C)COC. The molecule has 0 heterocycles. The first-order valence-corrected chi connectivity index (χ1v) is 6.68. The standard InChI is InChI=1S/C15H25NO2/c1-5-15(17)13-9-7-8-10-14(13)16(6-2)12(3)11-18-4/h7-10,12,15,17H,5-6,11H2,1-4H3/t12?,15-/m1/s1. The molecule has 0 saturated heterocycles. The van der Waals surface area contributed by atoms with Gasteiger partial charge in [0.05, 0.1) is 12.7 Å². The Morgan fingerprint density at radius 3 is 2.50 bits per heavy atom. The van der Waals surface area contributed by atoms with Crippen LogP contribution in [0.25, 0.3) is 0 Å². The average molecular weight is 251 g/mol. The van der Waals surface area contributed by atoms with E-state index >= 15 is 0 Å². The average Bonchev–Trinajstić information content (AvgIpc) is 2.39. The summed E-state index contributed by atoms with van der Waals surface area (Å²) in [5, 5.41) is 10.1. The zero-order chi connectivity index (χ0) is 13.5. The van der Waals surface area contributed by atoms with Crippen LogP contribution in [0.3, 0.4) is 0 Å². The minimum absolute atomic E-state index is 0.296. The quantitative estimate of drug-likeness (QED) is 0.808. The van der Waals surface area contributed by atoms with E-state index in [0.717, 1.165) is 24.2 Å². The third-order valence-electron chi connectivity index (χ3n) is 3.27. The molecule has 0 spiro atoms. The maximum Gasteiger partial charge on any atom is 0.0807 e. The maximum atomic E-state index is 10.1. The lowest BCUT2D eigenvalue weighted by molar-refractivity contribution is 0.171. The van der Waals surface area contributed by atoms with Gasteiger partial charge in [0.25, 0.3) is 0 Å². The number of benzene rings is 1. The highest BCUT2D eigenvalue weighted by molar-refractivity contribution is 5.55. The molecule has 1 aromatic carbocycles. The molecule has 1 unspecified atom stereocenters. The molecule has 3 nitrogen and oxygen atoms in total. The molecule has 18 heavy (non-hydrogen) atoms. The molecule has 0 amide bonds. The predicted molar refractivity (Wildman–Crippen MR) is 76.1 cm³/mol. The summed E-state index contributed by atoms with van der Waals surface area (Å²) in [6, 6.07) is 8.37. The van der Waals surface area contributed by atoms with Gasteiger partial charge in [-0.05, 0) is 26.3 Å². The van der Waals surface area contributed by atoms with Crippen molar-refractivity contribution in [1.82, 2.24) is 0 Å². The zero-order valence-electron chi connectivity index (χ0n) is 11.9. The van der Waals surface area contributed by atoms with Crippen LogP contribution in [-0.2, 0) is 4.74 Å². The van der Waals surface area contributed by atoms with Gasteiger partial charge < -0.3 is 14.7 Å². The van der Waals surface area contributed by atoms with E-state index in [1.54, 1.807) is 7.11 Å². The lowest BCUT2D eigenvalue weighted by atomic mass is 10.0.